The zero-order valence-electron chi connectivity index (χ0n) is 11.7. The predicted octanol–water partition coefficient (Wildman–Crippen LogP) is 2.71. The molecule has 1 fully saturated rings. The van der Waals surface area contributed by atoms with Crippen LogP contribution in [0.25, 0.3) is 0 Å². The maximum absolute atomic E-state index is 12.4. The topological polar surface area (TPSA) is 64.3 Å². The molecule has 1 aromatic carbocycles. The maximum atomic E-state index is 12.4. The lowest BCUT2D eigenvalue weighted by atomic mass is 9.84. The second kappa shape index (κ2) is 7.09. The van der Waals surface area contributed by atoms with Crippen molar-refractivity contribution in [2.75, 3.05) is 13.7 Å². The predicted molar refractivity (Wildman–Crippen MR) is 83.0 cm³/mol. The molecule has 2 rings (SSSR count). The number of rotatable bonds is 4. The van der Waals surface area contributed by atoms with Gasteiger partial charge in [-0.15, -0.1) is 0 Å². The van der Waals surface area contributed by atoms with Crippen molar-refractivity contribution in [1.82, 2.24) is 5.32 Å². The molecule has 2 atom stereocenters. The minimum Gasteiger partial charge on any atom is -0.496 e. The van der Waals surface area contributed by atoms with E-state index in [1.807, 2.05) is 6.07 Å². The van der Waals surface area contributed by atoms with Crippen molar-refractivity contribution in [2.45, 2.75) is 31.7 Å². The van der Waals surface area contributed by atoms with Gasteiger partial charge in [0.15, 0.2) is 0 Å². The molecule has 0 radical (unpaired) electrons. The number of methoxy groups -OCH3 is 1. The Morgan fingerprint density at radius 1 is 1.45 bits per heavy atom. The summed E-state index contributed by atoms with van der Waals surface area (Å²) in [5.41, 5.74) is 6.37. The minimum atomic E-state index is -0.0836. The molecule has 1 aliphatic carbocycles. The van der Waals surface area contributed by atoms with Crippen molar-refractivity contribution in [1.29, 1.82) is 0 Å². The number of nitrogens with two attached hydrogens (primary N) is 1. The number of hydrogen-bond acceptors (Lipinski definition) is 3. The number of halogens is 1. The van der Waals surface area contributed by atoms with Crippen molar-refractivity contribution >= 4 is 21.8 Å². The van der Waals surface area contributed by atoms with Gasteiger partial charge in [-0.1, -0.05) is 28.8 Å². The van der Waals surface area contributed by atoms with E-state index in [0.29, 0.717) is 23.8 Å². The zero-order valence-corrected chi connectivity index (χ0v) is 13.3. The first-order valence-electron chi connectivity index (χ1n) is 7.00. The molecule has 0 aliphatic heterocycles. The number of carbonyl (C=O) groups is 1. The van der Waals surface area contributed by atoms with Gasteiger partial charge in [0.25, 0.3) is 5.91 Å². The highest BCUT2D eigenvalue weighted by molar-refractivity contribution is 9.10. The SMILES string of the molecule is COc1cc(Br)ccc1C(=O)NC1CCCCC1CN. The molecule has 5 heteroatoms. The van der Waals surface area contributed by atoms with Crippen LogP contribution in [0.5, 0.6) is 5.75 Å². The average molecular weight is 341 g/mol. The molecule has 0 aromatic heterocycles. The first kappa shape index (κ1) is 15.3. The standard InChI is InChI=1S/C15H21BrN2O2/c1-20-14-8-11(16)6-7-12(14)15(19)18-13-5-3-2-4-10(13)9-17/h6-8,10,13H,2-5,9,17H2,1H3,(H,18,19). The summed E-state index contributed by atoms with van der Waals surface area (Å²) in [5.74, 6) is 0.880. The van der Waals surface area contributed by atoms with Crippen LogP contribution in [0.2, 0.25) is 0 Å². The summed E-state index contributed by atoms with van der Waals surface area (Å²) in [4.78, 5) is 12.4. The molecule has 0 spiro atoms. The molecular formula is C15H21BrN2O2. The summed E-state index contributed by atoms with van der Waals surface area (Å²) in [6, 6.07) is 5.60. The van der Waals surface area contributed by atoms with Gasteiger partial charge in [-0.2, -0.15) is 0 Å². The molecule has 1 aliphatic rings. The van der Waals surface area contributed by atoms with E-state index < -0.39 is 0 Å². The van der Waals surface area contributed by atoms with Crippen LogP contribution in [0.4, 0.5) is 0 Å². The first-order valence-corrected chi connectivity index (χ1v) is 7.79. The average Bonchev–Trinajstić information content (AvgIpc) is 2.47. The van der Waals surface area contributed by atoms with E-state index >= 15 is 0 Å². The third-order valence-corrected chi connectivity index (χ3v) is 4.43. The number of amides is 1. The maximum Gasteiger partial charge on any atom is 0.255 e. The molecule has 0 bridgehead atoms. The molecular weight excluding hydrogens is 320 g/mol. The number of nitrogens with one attached hydrogen (secondary N) is 1. The van der Waals surface area contributed by atoms with Crippen molar-refractivity contribution < 1.29 is 9.53 Å². The lowest BCUT2D eigenvalue weighted by molar-refractivity contribution is 0.0905. The van der Waals surface area contributed by atoms with Crippen LogP contribution in [-0.2, 0) is 0 Å². The number of hydrogen-bond donors (Lipinski definition) is 2. The Morgan fingerprint density at radius 3 is 2.90 bits per heavy atom. The van der Waals surface area contributed by atoms with Gasteiger partial charge in [0.2, 0.25) is 0 Å². The fourth-order valence-electron chi connectivity index (χ4n) is 2.78. The van der Waals surface area contributed by atoms with E-state index in [1.54, 1.807) is 19.2 Å². The second-order valence-corrected chi connectivity index (χ2v) is 6.12. The summed E-state index contributed by atoms with van der Waals surface area (Å²) in [6.07, 6.45) is 4.46. The lowest BCUT2D eigenvalue weighted by Gasteiger charge is -2.31. The molecule has 3 N–H and O–H groups in total. The zero-order chi connectivity index (χ0) is 14.5. The molecule has 110 valence electrons. The number of benzene rings is 1. The smallest absolute Gasteiger partial charge is 0.255 e. The highest BCUT2D eigenvalue weighted by Crippen LogP contribution is 2.26. The van der Waals surface area contributed by atoms with Crippen LogP contribution in [0.3, 0.4) is 0 Å². The Morgan fingerprint density at radius 2 is 2.20 bits per heavy atom. The fourth-order valence-corrected chi connectivity index (χ4v) is 3.12. The summed E-state index contributed by atoms with van der Waals surface area (Å²) in [7, 11) is 1.57. The van der Waals surface area contributed by atoms with E-state index in [0.717, 1.165) is 23.7 Å². The molecule has 20 heavy (non-hydrogen) atoms. The third kappa shape index (κ3) is 3.52. The molecule has 1 saturated carbocycles. The Balaban J connectivity index is 2.11. The monoisotopic (exact) mass is 340 g/mol. The van der Waals surface area contributed by atoms with Gasteiger partial charge in [0, 0.05) is 10.5 Å². The van der Waals surface area contributed by atoms with E-state index in [4.69, 9.17) is 10.5 Å². The Labute approximate surface area is 128 Å². The second-order valence-electron chi connectivity index (χ2n) is 5.20. The molecule has 1 amide bonds. The Kier molecular flexibility index (Phi) is 5.43. The molecule has 1 aromatic rings. The van der Waals surface area contributed by atoms with Gasteiger partial charge in [0.05, 0.1) is 12.7 Å². The first-order chi connectivity index (χ1) is 9.65. The molecule has 2 unspecified atom stereocenters. The van der Waals surface area contributed by atoms with E-state index in [2.05, 4.69) is 21.2 Å². The number of carbonyl (C=O) groups excluding carboxylic acids is 1. The van der Waals surface area contributed by atoms with Crippen LogP contribution in [0.15, 0.2) is 22.7 Å². The van der Waals surface area contributed by atoms with Gasteiger partial charge in [0.1, 0.15) is 5.75 Å². The molecule has 4 nitrogen and oxygen atoms in total. The lowest BCUT2D eigenvalue weighted by Crippen LogP contribution is -2.44. The Bertz CT molecular complexity index is 479. The van der Waals surface area contributed by atoms with Crippen molar-refractivity contribution in [3.8, 4) is 5.75 Å². The summed E-state index contributed by atoms with van der Waals surface area (Å²) in [5, 5.41) is 3.12. The highest BCUT2D eigenvalue weighted by atomic mass is 79.9. The van der Waals surface area contributed by atoms with E-state index in [1.165, 1.54) is 6.42 Å². The normalized spacial score (nSPS) is 22.4. The van der Waals surface area contributed by atoms with Crippen LogP contribution in [0, 0.1) is 5.92 Å². The minimum absolute atomic E-state index is 0.0836. The van der Waals surface area contributed by atoms with Crippen LogP contribution >= 0.6 is 15.9 Å². The largest absolute Gasteiger partial charge is 0.496 e. The quantitative estimate of drug-likeness (QED) is 0.885. The molecule has 0 heterocycles. The van der Waals surface area contributed by atoms with Crippen molar-refractivity contribution in [2.24, 2.45) is 11.7 Å². The van der Waals surface area contributed by atoms with E-state index in [-0.39, 0.29) is 11.9 Å². The van der Waals surface area contributed by atoms with Gasteiger partial charge in [-0.05, 0) is 43.5 Å². The van der Waals surface area contributed by atoms with Crippen LogP contribution in [-0.4, -0.2) is 25.6 Å². The van der Waals surface area contributed by atoms with Gasteiger partial charge < -0.3 is 15.8 Å². The Hall–Kier alpha value is -1.07. The van der Waals surface area contributed by atoms with E-state index in [9.17, 15) is 4.79 Å². The van der Waals surface area contributed by atoms with Crippen molar-refractivity contribution in [3.05, 3.63) is 28.2 Å². The van der Waals surface area contributed by atoms with Crippen LogP contribution < -0.4 is 15.8 Å². The van der Waals surface area contributed by atoms with Gasteiger partial charge in [-0.25, -0.2) is 0 Å². The fraction of sp³-hybridized carbons (Fsp3) is 0.533. The van der Waals surface area contributed by atoms with Crippen LogP contribution in [0.1, 0.15) is 36.0 Å². The summed E-state index contributed by atoms with van der Waals surface area (Å²) >= 11 is 3.38. The third-order valence-electron chi connectivity index (χ3n) is 3.94. The highest BCUT2D eigenvalue weighted by Gasteiger charge is 2.26. The van der Waals surface area contributed by atoms with Gasteiger partial charge in [-0.3, -0.25) is 4.79 Å². The summed E-state index contributed by atoms with van der Waals surface area (Å²) < 4.78 is 6.17. The number of ether oxygens (including phenoxy) is 1. The van der Waals surface area contributed by atoms with Gasteiger partial charge >= 0.3 is 0 Å². The van der Waals surface area contributed by atoms with Crippen molar-refractivity contribution in [3.63, 3.8) is 0 Å². The summed E-state index contributed by atoms with van der Waals surface area (Å²) in [6.45, 7) is 0.627. The molecule has 0 saturated heterocycles.